The highest BCUT2D eigenvalue weighted by Gasteiger charge is 2.18. The second-order valence-corrected chi connectivity index (χ2v) is 14.7. The average Bonchev–Trinajstić information content (AvgIpc) is 3.21. The van der Waals surface area contributed by atoms with Gasteiger partial charge in [-0.1, -0.05) is 105 Å². The van der Waals surface area contributed by atoms with Crippen molar-refractivity contribution in [2.24, 2.45) is 0 Å². The first-order chi connectivity index (χ1) is 27.0. The third-order valence-electron chi connectivity index (χ3n) is 9.88. The number of aromatic nitrogens is 1. The van der Waals surface area contributed by atoms with Gasteiger partial charge in [0, 0.05) is 42.0 Å². The summed E-state index contributed by atoms with van der Waals surface area (Å²) in [4.78, 5) is 7.87. The maximum Gasteiger partial charge on any atom is 0.132 e. The van der Waals surface area contributed by atoms with Crippen molar-refractivity contribution in [2.75, 3.05) is 44.4 Å². The van der Waals surface area contributed by atoms with Gasteiger partial charge in [-0.15, -0.1) is 0 Å². The maximum atomic E-state index is 6.54. The molecule has 0 unspecified atom stereocenters. The lowest BCUT2D eigenvalue weighted by Crippen LogP contribution is -2.24. The van der Waals surface area contributed by atoms with Crippen molar-refractivity contribution in [1.82, 2.24) is 4.98 Å². The molecule has 0 bridgehead atoms. The third-order valence-corrected chi connectivity index (χ3v) is 9.88. The second-order valence-electron chi connectivity index (χ2n) is 14.7. The lowest BCUT2D eigenvalue weighted by atomic mass is 9.98. The van der Waals surface area contributed by atoms with Crippen LogP contribution in [-0.4, -0.2) is 44.5 Å². The van der Waals surface area contributed by atoms with Crippen LogP contribution in [-0.2, 0) is 0 Å². The highest BCUT2D eigenvalue weighted by atomic mass is 16.5. The number of ether oxygens (including phenoxy) is 4. The lowest BCUT2D eigenvalue weighted by molar-refractivity contribution is 0.292. The van der Waals surface area contributed by atoms with E-state index in [1.165, 1.54) is 5.69 Å². The van der Waals surface area contributed by atoms with Crippen molar-refractivity contribution in [3.05, 3.63) is 72.8 Å². The third kappa shape index (κ3) is 14.1. The molecule has 0 aliphatic heterocycles. The summed E-state index contributed by atoms with van der Waals surface area (Å²) in [5.74, 6) is 3.27. The number of unbranched alkanes of at least 4 members (excludes halogenated alkanes) is 8. The fourth-order valence-electron chi connectivity index (χ4n) is 6.75. The molecule has 1 aromatic heterocycles. The number of hydrogen-bond donors (Lipinski definition) is 0. The molecular weight excluding hydrogens is 681 g/mol. The first-order valence-corrected chi connectivity index (χ1v) is 21.7. The highest BCUT2D eigenvalue weighted by molar-refractivity contribution is 5.81. The fourth-order valence-corrected chi connectivity index (χ4v) is 6.75. The molecule has 0 saturated carbocycles. The first kappa shape index (κ1) is 43.5. The summed E-state index contributed by atoms with van der Waals surface area (Å²) in [5.41, 5.74) is 7.12. The van der Waals surface area contributed by atoms with Crippen LogP contribution in [0.5, 0.6) is 23.0 Å². The zero-order chi connectivity index (χ0) is 39.1. The Balaban J connectivity index is 1.84. The van der Waals surface area contributed by atoms with Gasteiger partial charge in [0.05, 0.1) is 37.8 Å². The standard InChI is InChI=1S/C49H70N2O4/c1-7-13-17-31-52-42-25-27-44(48(37-42)54-33-19-15-9-3)46-35-40(39-21-23-41(24-22-39)51(29-11-5)30-12-6)36-47(50-46)45-28-26-43(53-32-18-14-8-2)38-49(45)55-34-20-16-10-4/h21-28,35-38H,7-20,29-34H2,1-6H3. The molecule has 0 saturated heterocycles. The fraction of sp³-hybridized carbons (Fsp3) is 0.531. The molecule has 3 aromatic carbocycles. The SMILES string of the molecule is CCCCCOc1ccc(-c2cc(-c3ccc(N(CCC)CCC)cc3)cc(-c3ccc(OCCCCC)cc3OCCCCC)n2)c(OCCCCC)c1. The van der Waals surface area contributed by atoms with Gasteiger partial charge in [-0.05, 0) is 98.2 Å². The molecule has 6 nitrogen and oxygen atoms in total. The minimum atomic E-state index is 0.648. The van der Waals surface area contributed by atoms with E-state index in [-0.39, 0.29) is 0 Å². The molecule has 0 N–H and O–H groups in total. The van der Waals surface area contributed by atoms with Gasteiger partial charge in [-0.3, -0.25) is 0 Å². The first-order valence-electron chi connectivity index (χ1n) is 21.7. The molecule has 0 radical (unpaired) electrons. The Morgan fingerprint density at radius 3 is 1.24 bits per heavy atom. The van der Waals surface area contributed by atoms with Crippen molar-refractivity contribution in [2.45, 2.75) is 131 Å². The number of benzene rings is 3. The van der Waals surface area contributed by atoms with E-state index in [1.54, 1.807) is 0 Å². The van der Waals surface area contributed by atoms with Crippen LogP contribution in [0.2, 0.25) is 0 Å². The number of hydrogen-bond acceptors (Lipinski definition) is 6. The Hall–Kier alpha value is -4.19. The predicted octanol–water partition coefficient (Wildman–Crippen LogP) is 14.0. The summed E-state index contributed by atoms with van der Waals surface area (Å²) < 4.78 is 25.5. The molecule has 4 rings (SSSR count). The van der Waals surface area contributed by atoms with Crippen LogP contribution in [0.15, 0.2) is 72.8 Å². The average molecular weight is 751 g/mol. The van der Waals surface area contributed by atoms with Crippen molar-refractivity contribution in [3.63, 3.8) is 0 Å². The van der Waals surface area contributed by atoms with E-state index >= 15 is 0 Å². The molecular formula is C49H70N2O4. The molecule has 0 aliphatic rings. The van der Waals surface area contributed by atoms with E-state index in [2.05, 4.69) is 119 Å². The molecule has 1 heterocycles. The normalized spacial score (nSPS) is 11.1. The monoisotopic (exact) mass is 751 g/mol. The van der Waals surface area contributed by atoms with Gasteiger partial charge in [-0.25, -0.2) is 4.98 Å². The van der Waals surface area contributed by atoms with Gasteiger partial charge >= 0.3 is 0 Å². The molecule has 4 aromatic rings. The van der Waals surface area contributed by atoms with Crippen LogP contribution in [0.3, 0.4) is 0 Å². The van der Waals surface area contributed by atoms with Crippen LogP contribution in [0.1, 0.15) is 131 Å². The van der Waals surface area contributed by atoms with Crippen molar-refractivity contribution in [3.8, 4) is 56.6 Å². The molecule has 0 aliphatic carbocycles. The summed E-state index contributed by atoms with van der Waals surface area (Å²) in [6, 6.07) is 25.9. The number of pyridine rings is 1. The Morgan fingerprint density at radius 2 is 0.836 bits per heavy atom. The summed E-state index contributed by atoms with van der Waals surface area (Å²) in [7, 11) is 0. The largest absolute Gasteiger partial charge is 0.493 e. The van der Waals surface area contributed by atoms with Crippen LogP contribution in [0.4, 0.5) is 5.69 Å². The topological polar surface area (TPSA) is 53.1 Å². The smallest absolute Gasteiger partial charge is 0.132 e. The Kier molecular flexibility index (Phi) is 19.8. The van der Waals surface area contributed by atoms with Crippen LogP contribution < -0.4 is 23.8 Å². The maximum absolute atomic E-state index is 6.54. The highest BCUT2D eigenvalue weighted by Crippen LogP contribution is 2.40. The Bertz CT molecular complexity index is 1560. The molecule has 0 atom stereocenters. The quantitative estimate of drug-likeness (QED) is 0.0539. The van der Waals surface area contributed by atoms with Gasteiger partial charge in [0.2, 0.25) is 0 Å². The van der Waals surface area contributed by atoms with Crippen molar-refractivity contribution in [1.29, 1.82) is 0 Å². The van der Waals surface area contributed by atoms with Gasteiger partial charge in [-0.2, -0.15) is 0 Å². The number of nitrogens with zero attached hydrogens (tertiary/aromatic N) is 2. The second kappa shape index (κ2) is 25.1. The van der Waals surface area contributed by atoms with Gasteiger partial charge in [0.1, 0.15) is 23.0 Å². The molecule has 0 amide bonds. The summed E-state index contributed by atoms with van der Waals surface area (Å²) in [6.07, 6.45) is 15.5. The van der Waals surface area contributed by atoms with Crippen LogP contribution in [0, 0.1) is 0 Å². The number of anilines is 1. The van der Waals surface area contributed by atoms with E-state index in [9.17, 15) is 0 Å². The molecule has 55 heavy (non-hydrogen) atoms. The van der Waals surface area contributed by atoms with Gasteiger partial charge in [0.15, 0.2) is 0 Å². The molecule has 6 heteroatoms. The van der Waals surface area contributed by atoms with E-state index in [0.717, 1.165) is 160 Å². The predicted molar refractivity (Wildman–Crippen MR) is 233 cm³/mol. The Labute approximate surface area is 334 Å². The van der Waals surface area contributed by atoms with E-state index in [1.807, 2.05) is 0 Å². The minimum absolute atomic E-state index is 0.648. The summed E-state index contributed by atoms with van der Waals surface area (Å²) in [6.45, 7) is 18.2. The molecule has 0 fully saturated rings. The Morgan fingerprint density at radius 1 is 0.418 bits per heavy atom. The lowest BCUT2D eigenvalue weighted by Gasteiger charge is -2.24. The van der Waals surface area contributed by atoms with Crippen molar-refractivity contribution >= 4 is 5.69 Å². The van der Waals surface area contributed by atoms with Gasteiger partial charge in [0.25, 0.3) is 0 Å². The minimum Gasteiger partial charge on any atom is -0.493 e. The summed E-state index contributed by atoms with van der Waals surface area (Å²) >= 11 is 0. The van der Waals surface area contributed by atoms with E-state index in [0.29, 0.717) is 26.4 Å². The summed E-state index contributed by atoms with van der Waals surface area (Å²) in [5, 5.41) is 0. The molecule has 300 valence electrons. The van der Waals surface area contributed by atoms with Crippen molar-refractivity contribution < 1.29 is 18.9 Å². The van der Waals surface area contributed by atoms with Gasteiger partial charge < -0.3 is 23.8 Å². The van der Waals surface area contributed by atoms with Crippen LogP contribution in [0.25, 0.3) is 33.6 Å². The van der Waals surface area contributed by atoms with E-state index < -0.39 is 0 Å². The molecule has 0 spiro atoms. The zero-order valence-corrected chi connectivity index (χ0v) is 35.1. The zero-order valence-electron chi connectivity index (χ0n) is 35.1. The van der Waals surface area contributed by atoms with E-state index in [4.69, 9.17) is 23.9 Å². The number of rotatable bonds is 28. The van der Waals surface area contributed by atoms with Crippen LogP contribution >= 0.6 is 0 Å².